The smallest absolute Gasteiger partial charge is 0.263 e. The molecule has 0 radical (unpaired) electrons. The van der Waals surface area contributed by atoms with Crippen LogP contribution >= 0.6 is 11.3 Å². The predicted octanol–water partition coefficient (Wildman–Crippen LogP) is 0.869. The lowest BCUT2D eigenvalue weighted by atomic mass is 10.00. The van der Waals surface area contributed by atoms with Gasteiger partial charge in [0.2, 0.25) is 10.0 Å². The summed E-state index contributed by atoms with van der Waals surface area (Å²) in [5.41, 5.74) is 0. The average molecular weight is 331 g/mol. The molecule has 1 aliphatic rings. The third-order valence-corrected chi connectivity index (χ3v) is 6.57. The highest BCUT2D eigenvalue weighted by molar-refractivity contribution is 7.89. The molecule has 118 valence electrons. The van der Waals surface area contributed by atoms with Gasteiger partial charge in [0.25, 0.3) is 5.91 Å². The summed E-state index contributed by atoms with van der Waals surface area (Å²) in [6, 6.07) is 1.71. The Labute approximate surface area is 129 Å². The van der Waals surface area contributed by atoms with Gasteiger partial charge in [-0.3, -0.25) is 4.79 Å². The van der Waals surface area contributed by atoms with E-state index >= 15 is 0 Å². The van der Waals surface area contributed by atoms with Crippen molar-refractivity contribution in [2.24, 2.45) is 0 Å². The fourth-order valence-corrected chi connectivity index (χ4v) is 4.54. The summed E-state index contributed by atoms with van der Waals surface area (Å²) < 4.78 is 25.6. The second kappa shape index (κ2) is 6.43. The molecule has 2 unspecified atom stereocenters. The van der Waals surface area contributed by atoms with E-state index < -0.39 is 10.0 Å². The van der Waals surface area contributed by atoms with Gasteiger partial charge in [0.15, 0.2) is 0 Å². The molecule has 1 aliphatic heterocycles. The fraction of sp³-hybridized carbons (Fsp3) is 0.615. The number of rotatable bonds is 4. The van der Waals surface area contributed by atoms with Crippen LogP contribution in [0, 0.1) is 0 Å². The van der Waals surface area contributed by atoms with Crippen LogP contribution < -0.4 is 10.6 Å². The Kier molecular flexibility index (Phi) is 5.03. The van der Waals surface area contributed by atoms with Gasteiger partial charge < -0.3 is 10.6 Å². The van der Waals surface area contributed by atoms with Crippen molar-refractivity contribution in [1.29, 1.82) is 0 Å². The molecule has 2 rings (SSSR count). The molecule has 1 aromatic heterocycles. The average Bonchev–Trinajstić information content (AvgIpc) is 2.91. The Bertz CT molecular complexity index is 610. The number of carbonyl (C=O) groups is 1. The number of carbonyl (C=O) groups excluding carboxylic acids is 1. The van der Waals surface area contributed by atoms with Gasteiger partial charge in [0, 0.05) is 26.2 Å². The number of sulfonamides is 1. The van der Waals surface area contributed by atoms with E-state index in [9.17, 15) is 13.2 Å². The highest BCUT2D eigenvalue weighted by atomic mass is 32.2. The zero-order valence-corrected chi connectivity index (χ0v) is 14.1. The molecule has 0 bridgehead atoms. The molecule has 8 heteroatoms. The predicted molar refractivity (Wildman–Crippen MR) is 83.1 cm³/mol. The van der Waals surface area contributed by atoms with E-state index in [0.717, 1.165) is 35.0 Å². The van der Waals surface area contributed by atoms with Crippen LogP contribution in [-0.4, -0.2) is 51.4 Å². The van der Waals surface area contributed by atoms with Gasteiger partial charge in [-0.25, -0.2) is 12.7 Å². The lowest BCUT2D eigenvalue weighted by Gasteiger charge is -2.30. The van der Waals surface area contributed by atoms with Crippen LogP contribution in [0.5, 0.6) is 0 Å². The van der Waals surface area contributed by atoms with Gasteiger partial charge in [0.05, 0.1) is 0 Å². The first kappa shape index (κ1) is 16.4. The summed E-state index contributed by atoms with van der Waals surface area (Å²) >= 11 is 1.15. The summed E-state index contributed by atoms with van der Waals surface area (Å²) in [6.45, 7) is 2.98. The largest absolute Gasteiger partial charge is 0.347 e. The Hall–Kier alpha value is -0.960. The van der Waals surface area contributed by atoms with Crippen molar-refractivity contribution in [3.8, 4) is 0 Å². The molecule has 1 amide bonds. The molecule has 0 saturated carbocycles. The van der Waals surface area contributed by atoms with E-state index in [0.29, 0.717) is 0 Å². The van der Waals surface area contributed by atoms with E-state index in [-0.39, 0.29) is 27.8 Å². The molecule has 21 heavy (non-hydrogen) atoms. The van der Waals surface area contributed by atoms with Gasteiger partial charge >= 0.3 is 0 Å². The lowest BCUT2D eigenvalue weighted by Crippen LogP contribution is -2.51. The van der Waals surface area contributed by atoms with Crippen LogP contribution in [0.1, 0.15) is 29.4 Å². The maximum Gasteiger partial charge on any atom is 0.263 e. The van der Waals surface area contributed by atoms with E-state index in [1.54, 1.807) is 5.38 Å². The minimum absolute atomic E-state index is 0.0308. The van der Waals surface area contributed by atoms with Gasteiger partial charge in [-0.15, -0.1) is 11.3 Å². The number of thiophene rings is 1. The lowest BCUT2D eigenvalue weighted by molar-refractivity contribution is 0.0921. The quantitative estimate of drug-likeness (QED) is 0.858. The summed E-state index contributed by atoms with van der Waals surface area (Å²) in [7, 11) is -0.676. The molecule has 1 saturated heterocycles. The monoisotopic (exact) mass is 331 g/mol. The van der Waals surface area contributed by atoms with Gasteiger partial charge in [-0.05, 0) is 37.8 Å². The first-order valence-electron chi connectivity index (χ1n) is 6.88. The molecular formula is C13H21N3O3S2. The standard InChI is InChI=1S/C13H21N3O3S2/c1-9-10(5-4-7-14-9)15-13(17)12-11(6-8-20-12)21(18,19)16(2)3/h6,8-10,14H,4-5,7H2,1-3H3,(H,15,17). The highest BCUT2D eigenvalue weighted by Gasteiger charge is 2.28. The number of amides is 1. The molecule has 2 atom stereocenters. The summed E-state index contributed by atoms with van der Waals surface area (Å²) in [5.74, 6) is -0.314. The summed E-state index contributed by atoms with van der Waals surface area (Å²) in [6.07, 6.45) is 1.91. The molecule has 6 nitrogen and oxygen atoms in total. The van der Waals surface area contributed by atoms with Crippen molar-refractivity contribution in [2.75, 3.05) is 20.6 Å². The normalized spacial score (nSPS) is 23.2. The molecule has 1 fully saturated rings. The first-order chi connectivity index (χ1) is 9.84. The van der Waals surface area contributed by atoms with Crippen molar-refractivity contribution < 1.29 is 13.2 Å². The highest BCUT2D eigenvalue weighted by Crippen LogP contribution is 2.24. The van der Waals surface area contributed by atoms with Crippen LogP contribution in [0.2, 0.25) is 0 Å². The van der Waals surface area contributed by atoms with E-state index in [1.165, 1.54) is 20.2 Å². The van der Waals surface area contributed by atoms with E-state index in [2.05, 4.69) is 10.6 Å². The number of hydrogen-bond donors (Lipinski definition) is 2. The van der Waals surface area contributed by atoms with Crippen molar-refractivity contribution in [3.63, 3.8) is 0 Å². The van der Waals surface area contributed by atoms with Crippen LogP contribution in [0.4, 0.5) is 0 Å². The van der Waals surface area contributed by atoms with Crippen LogP contribution in [0.3, 0.4) is 0 Å². The van der Waals surface area contributed by atoms with Crippen molar-refractivity contribution in [2.45, 2.75) is 36.7 Å². The van der Waals surface area contributed by atoms with Crippen LogP contribution in [0.15, 0.2) is 16.3 Å². The molecule has 1 aromatic rings. The first-order valence-corrected chi connectivity index (χ1v) is 9.20. The van der Waals surface area contributed by atoms with Gasteiger partial charge in [-0.2, -0.15) is 0 Å². The van der Waals surface area contributed by atoms with Gasteiger partial charge in [-0.1, -0.05) is 0 Å². The zero-order chi connectivity index (χ0) is 15.6. The Morgan fingerprint density at radius 3 is 2.81 bits per heavy atom. The zero-order valence-electron chi connectivity index (χ0n) is 12.4. The van der Waals surface area contributed by atoms with E-state index in [4.69, 9.17) is 0 Å². The molecule has 0 aromatic carbocycles. The summed E-state index contributed by atoms with van der Waals surface area (Å²) in [5, 5.41) is 7.89. The minimum atomic E-state index is -3.60. The molecular weight excluding hydrogens is 310 g/mol. The second-order valence-electron chi connectivity index (χ2n) is 5.37. The van der Waals surface area contributed by atoms with Crippen molar-refractivity contribution in [3.05, 3.63) is 16.3 Å². The Balaban J connectivity index is 2.19. The minimum Gasteiger partial charge on any atom is -0.347 e. The number of nitrogens with zero attached hydrogens (tertiary/aromatic N) is 1. The van der Waals surface area contributed by atoms with E-state index in [1.807, 2.05) is 6.92 Å². The SMILES string of the molecule is CC1NCCCC1NC(=O)c1sccc1S(=O)(=O)N(C)C. The van der Waals surface area contributed by atoms with Crippen molar-refractivity contribution in [1.82, 2.24) is 14.9 Å². The van der Waals surface area contributed by atoms with Crippen molar-refractivity contribution >= 4 is 27.3 Å². The molecule has 2 heterocycles. The number of piperidine rings is 1. The third-order valence-electron chi connectivity index (χ3n) is 3.67. The maximum atomic E-state index is 12.4. The molecule has 2 N–H and O–H groups in total. The molecule has 0 aliphatic carbocycles. The Morgan fingerprint density at radius 1 is 1.48 bits per heavy atom. The van der Waals surface area contributed by atoms with Crippen LogP contribution in [0.25, 0.3) is 0 Å². The number of hydrogen-bond acceptors (Lipinski definition) is 5. The topological polar surface area (TPSA) is 78.5 Å². The maximum absolute atomic E-state index is 12.4. The molecule has 0 spiro atoms. The summed E-state index contributed by atoms with van der Waals surface area (Å²) in [4.78, 5) is 12.7. The third kappa shape index (κ3) is 3.45. The Morgan fingerprint density at radius 2 is 2.19 bits per heavy atom. The van der Waals surface area contributed by atoms with Crippen LogP contribution in [-0.2, 0) is 10.0 Å². The second-order valence-corrected chi connectivity index (χ2v) is 8.40. The van der Waals surface area contributed by atoms with Gasteiger partial charge in [0.1, 0.15) is 9.77 Å². The number of nitrogens with one attached hydrogen (secondary N) is 2. The fourth-order valence-electron chi connectivity index (χ4n) is 2.34.